The van der Waals surface area contributed by atoms with Crippen LogP contribution in [-0.4, -0.2) is 18.7 Å². The van der Waals surface area contributed by atoms with E-state index in [0.29, 0.717) is 5.92 Å². The van der Waals surface area contributed by atoms with E-state index in [0.717, 1.165) is 24.2 Å². The minimum absolute atomic E-state index is 0.00625. The maximum Gasteiger partial charge on any atom is 0.123 e. The van der Waals surface area contributed by atoms with Gasteiger partial charge in [-0.2, -0.15) is 0 Å². The van der Waals surface area contributed by atoms with E-state index >= 15 is 0 Å². The number of ether oxygens (including phenoxy) is 1. The molecule has 18 heavy (non-hydrogen) atoms. The smallest absolute Gasteiger partial charge is 0.123 e. The van der Waals surface area contributed by atoms with Crippen molar-refractivity contribution < 1.29 is 9.13 Å². The third-order valence-electron chi connectivity index (χ3n) is 4.02. The van der Waals surface area contributed by atoms with E-state index in [2.05, 4.69) is 26.1 Å². The number of halogens is 1. The number of morpholine rings is 1. The topological polar surface area (TPSA) is 21.3 Å². The van der Waals surface area contributed by atoms with Crippen molar-refractivity contribution >= 4 is 0 Å². The van der Waals surface area contributed by atoms with Crippen LogP contribution in [0.1, 0.15) is 38.0 Å². The predicted octanol–water partition coefficient (Wildman–Crippen LogP) is 3.21. The molecule has 0 aromatic heterocycles. The number of hydrogen-bond donors (Lipinski definition) is 1. The van der Waals surface area contributed by atoms with Gasteiger partial charge in [0.15, 0.2) is 0 Å². The van der Waals surface area contributed by atoms with Crippen LogP contribution < -0.4 is 5.32 Å². The Bertz CT molecular complexity index is 433. The summed E-state index contributed by atoms with van der Waals surface area (Å²) in [5.74, 6) is 0.250. The molecule has 1 fully saturated rings. The highest BCUT2D eigenvalue weighted by atomic mass is 19.1. The molecule has 0 spiro atoms. The molecule has 1 aromatic carbocycles. The van der Waals surface area contributed by atoms with Crippen LogP contribution in [0.25, 0.3) is 0 Å². The van der Waals surface area contributed by atoms with Gasteiger partial charge in [0.05, 0.1) is 11.7 Å². The van der Waals surface area contributed by atoms with Crippen LogP contribution in [0.2, 0.25) is 0 Å². The zero-order valence-electron chi connectivity index (χ0n) is 11.6. The fraction of sp³-hybridized carbons (Fsp3) is 0.600. The molecule has 2 nitrogen and oxygen atoms in total. The lowest BCUT2D eigenvalue weighted by Gasteiger charge is -2.42. The summed E-state index contributed by atoms with van der Waals surface area (Å²) in [6.07, 6.45) is 0.00625. The molecule has 2 atom stereocenters. The average molecular weight is 251 g/mol. The molecular formula is C15H22FNO. The molecule has 0 saturated carbocycles. The van der Waals surface area contributed by atoms with E-state index in [4.69, 9.17) is 4.74 Å². The first-order chi connectivity index (χ1) is 8.42. The zero-order valence-corrected chi connectivity index (χ0v) is 11.6. The molecular weight excluding hydrogens is 229 g/mol. The Kier molecular flexibility index (Phi) is 3.74. The van der Waals surface area contributed by atoms with Crippen LogP contribution in [-0.2, 0) is 4.74 Å². The number of aryl methyl sites for hydroxylation is 1. The highest BCUT2D eigenvalue weighted by Crippen LogP contribution is 2.33. The van der Waals surface area contributed by atoms with Crippen molar-refractivity contribution in [3.63, 3.8) is 0 Å². The van der Waals surface area contributed by atoms with E-state index in [1.807, 2.05) is 13.0 Å². The number of benzene rings is 1. The minimum Gasteiger partial charge on any atom is -0.364 e. The van der Waals surface area contributed by atoms with Gasteiger partial charge < -0.3 is 10.1 Å². The number of nitrogens with one attached hydrogen (secondary N) is 1. The Morgan fingerprint density at radius 2 is 2.17 bits per heavy atom. The lowest BCUT2D eigenvalue weighted by atomic mass is 9.89. The molecule has 2 rings (SSSR count). The molecule has 1 saturated heterocycles. The quantitative estimate of drug-likeness (QED) is 0.871. The fourth-order valence-electron chi connectivity index (χ4n) is 2.37. The van der Waals surface area contributed by atoms with Crippen LogP contribution in [0.3, 0.4) is 0 Å². The third kappa shape index (κ3) is 2.57. The summed E-state index contributed by atoms with van der Waals surface area (Å²) in [5, 5.41) is 3.43. The van der Waals surface area contributed by atoms with E-state index < -0.39 is 0 Å². The molecule has 1 N–H and O–H groups in total. The summed E-state index contributed by atoms with van der Waals surface area (Å²) in [7, 11) is 0. The van der Waals surface area contributed by atoms with Crippen molar-refractivity contribution in [1.82, 2.24) is 5.32 Å². The van der Waals surface area contributed by atoms with Crippen LogP contribution in [0.15, 0.2) is 18.2 Å². The van der Waals surface area contributed by atoms with Crippen LogP contribution in [0.5, 0.6) is 0 Å². The molecule has 0 aliphatic carbocycles. The first-order valence-corrected chi connectivity index (χ1v) is 6.57. The Morgan fingerprint density at radius 3 is 2.78 bits per heavy atom. The molecule has 2 unspecified atom stereocenters. The van der Waals surface area contributed by atoms with E-state index in [1.165, 1.54) is 6.07 Å². The molecule has 100 valence electrons. The van der Waals surface area contributed by atoms with Crippen molar-refractivity contribution in [2.45, 2.75) is 39.4 Å². The highest BCUT2D eigenvalue weighted by Gasteiger charge is 2.36. The zero-order chi connectivity index (χ0) is 13.3. The van der Waals surface area contributed by atoms with E-state index in [-0.39, 0.29) is 17.5 Å². The summed E-state index contributed by atoms with van der Waals surface area (Å²) < 4.78 is 19.4. The Balaban J connectivity index is 2.23. The first-order valence-electron chi connectivity index (χ1n) is 6.57. The SMILES string of the molecule is Cc1cc(F)ccc1C1CNCC(C)(C(C)C)O1. The Labute approximate surface area is 109 Å². The minimum atomic E-state index is -0.188. The van der Waals surface area contributed by atoms with Crippen LogP contribution >= 0.6 is 0 Å². The van der Waals surface area contributed by atoms with E-state index in [1.54, 1.807) is 6.07 Å². The molecule has 1 heterocycles. The molecule has 0 radical (unpaired) electrons. The molecule has 3 heteroatoms. The maximum atomic E-state index is 13.1. The fourth-order valence-corrected chi connectivity index (χ4v) is 2.37. The second-order valence-corrected chi connectivity index (χ2v) is 5.71. The summed E-state index contributed by atoms with van der Waals surface area (Å²) in [4.78, 5) is 0. The van der Waals surface area contributed by atoms with Crippen molar-refractivity contribution in [2.75, 3.05) is 13.1 Å². The summed E-state index contributed by atoms with van der Waals surface area (Å²) >= 11 is 0. The Morgan fingerprint density at radius 1 is 1.44 bits per heavy atom. The lowest BCUT2D eigenvalue weighted by Crippen LogP contribution is -2.52. The van der Waals surface area contributed by atoms with Gasteiger partial charge in [-0.1, -0.05) is 19.9 Å². The molecule has 1 aromatic rings. The largest absolute Gasteiger partial charge is 0.364 e. The second-order valence-electron chi connectivity index (χ2n) is 5.71. The van der Waals surface area contributed by atoms with Gasteiger partial charge in [0.2, 0.25) is 0 Å². The monoisotopic (exact) mass is 251 g/mol. The number of rotatable bonds is 2. The van der Waals surface area contributed by atoms with Crippen molar-refractivity contribution in [3.05, 3.63) is 35.1 Å². The lowest BCUT2D eigenvalue weighted by molar-refractivity contribution is -0.132. The Hall–Kier alpha value is -0.930. The van der Waals surface area contributed by atoms with Crippen LogP contribution in [0, 0.1) is 18.7 Å². The average Bonchev–Trinajstić information content (AvgIpc) is 2.28. The molecule has 1 aliphatic heterocycles. The van der Waals surface area contributed by atoms with Gasteiger partial charge >= 0.3 is 0 Å². The van der Waals surface area contributed by atoms with Crippen molar-refractivity contribution in [3.8, 4) is 0 Å². The maximum absolute atomic E-state index is 13.1. The van der Waals surface area contributed by atoms with E-state index in [9.17, 15) is 4.39 Å². The normalized spacial score (nSPS) is 28.7. The molecule has 1 aliphatic rings. The third-order valence-corrected chi connectivity index (χ3v) is 4.02. The predicted molar refractivity (Wildman–Crippen MR) is 71.1 cm³/mol. The highest BCUT2D eigenvalue weighted by molar-refractivity contribution is 5.29. The van der Waals surface area contributed by atoms with Gasteiger partial charge in [-0.05, 0) is 43.0 Å². The van der Waals surface area contributed by atoms with Crippen molar-refractivity contribution in [1.29, 1.82) is 0 Å². The van der Waals surface area contributed by atoms with Gasteiger partial charge in [-0.3, -0.25) is 0 Å². The summed E-state index contributed by atoms with van der Waals surface area (Å²) in [5.41, 5.74) is 1.87. The second kappa shape index (κ2) is 4.98. The van der Waals surface area contributed by atoms with Gasteiger partial charge in [0, 0.05) is 13.1 Å². The molecule has 0 amide bonds. The van der Waals surface area contributed by atoms with Gasteiger partial charge in [-0.15, -0.1) is 0 Å². The van der Waals surface area contributed by atoms with Gasteiger partial charge in [0.25, 0.3) is 0 Å². The molecule has 0 bridgehead atoms. The van der Waals surface area contributed by atoms with Crippen molar-refractivity contribution in [2.24, 2.45) is 5.92 Å². The van der Waals surface area contributed by atoms with Gasteiger partial charge in [-0.25, -0.2) is 4.39 Å². The summed E-state index contributed by atoms with van der Waals surface area (Å²) in [6, 6.07) is 4.91. The van der Waals surface area contributed by atoms with Crippen LogP contribution in [0.4, 0.5) is 4.39 Å². The first kappa shape index (κ1) is 13.5. The standard InChI is InChI=1S/C15H22FNO/c1-10(2)15(4)9-17-8-14(18-15)13-6-5-12(16)7-11(13)3/h5-7,10,14,17H,8-9H2,1-4H3. The van der Waals surface area contributed by atoms with Gasteiger partial charge in [0.1, 0.15) is 5.82 Å². The number of hydrogen-bond acceptors (Lipinski definition) is 2. The summed E-state index contributed by atoms with van der Waals surface area (Å²) in [6.45, 7) is 10.1.